The Morgan fingerprint density at radius 1 is 1.29 bits per heavy atom. The predicted octanol–water partition coefficient (Wildman–Crippen LogP) is 3.00. The molecule has 0 unspecified atom stereocenters. The molecule has 6 heteroatoms. The van der Waals surface area contributed by atoms with E-state index in [4.69, 9.17) is 40.5 Å². The van der Waals surface area contributed by atoms with E-state index >= 15 is 0 Å². The average molecular weight is 253 g/mol. The molecule has 14 heavy (non-hydrogen) atoms. The number of rotatable bonds is 1. The second kappa shape index (κ2) is 4.73. The summed E-state index contributed by atoms with van der Waals surface area (Å²) in [6.45, 7) is 0. The van der Waals surface area contributed by atoms with Crippen molar-refractivity contribution >= 4 is 46.4 Å². The Bertz CT molecular complexity index is 353. The molecule has 0 aliphatic rings. The van der Waals surface area contributed by atoms with Crippen molar-refractivity contribution in [2.75, 3.05) is 12.4 Å². The number of nitrogens with two attached hydrogens (primary N) is 1. The molecule has 0 saturated carbocycles. The lowest BCUT2D eigenvalue weighted by atomic mass is 10.3. The van der Waals surface area contributed by atoms with E-state index in [1.807, 2.05) is 0 Å². The van der Waals surface area contributed by atoms with Crippen molar-refractivity contribution < 1.29 is 0 Å². The van der Waals surface area contributed by atoms with Gasteiger partial charge in [0.25, 0.3) is 0 Å². The second-order valence-corrected chi connectivity index (χ2v) is 3.68. The van der Waals surface area contributed by atoms with E-state index in [9.17, 15) is 0 Å². The van der Waals surface area contributed by atoms with Crippen molar-refractivity contribution in [2.24, 2.45) is 10.7 Å². The van der Waals surface area contributed by atoms with E-state index in [1.165, 1.54) is 0 Å². The van der Waals surface area contributed by atoms with Crippen molar-refractivity contribution in [1.29, 1.82) is 0 Å². The first-order valence-corrected chi connectivity index (χ1v) is 4.82. The standard InChI is InChI=1S/C8H8Cl3N3/c1-13-8(12)14-4-2-5(9)7(11)6(10)3-4/h2-3H,1H3,(H3,12,13,14). The Morgan fingerprint density at radius 3 is 2.21 bits per heavy atom. The molecule has 1 rings (SSSR count). The molecule has 0 aliphatic heterocycles. The molecule has 1 aromatic rings. The summed E-state index contributed by atoms with van der Waals surface area (Å²) in [5.41, 5.74) is 6.11. The summed E-state index contributed by atoms with van der Waals surface area (Å²) >= 11 is 17.4. The highest BCUT2D eigenvalue weighted by Crippen LogP contribution is 2.32. The molecule has 3 N–H and O–H groups in total. The van der Waals surface area contributed by atoms with Crippen molar-refractivity contribution in [1.82, 2.24) is 0 Å². The quantitative estimate of drug-likeness (QED) is 0.459. The molecule has 0 heterocycles. The van der Waals surface area contributed by atoms with Crippen molar-refractivity contribution in [2.45, 2.75) is 0 Å². The Labute approximate surface area is 96.9 Å². The lowest BCUT2D eigenvalue weighted by molar-refractivity contribution is 1.38. The molecule has 76 valence electrons. The largest absolute Gasteiger partial charge is 0.370 e. The summed E-state index contributed by atoms with van der Waals surface area (Å²) in [5.74, 6) is 0.277. The van der Waals surface area contributed by atoms with Crippen LogP contribution in [-0.2, 0) is 0 Å². The van der Waals surface area contributed by atoms with Gasteiger partial charge in [-0.25, -0.2) is 0 Å². The highest BCUT2D eigenvalue weighted by atomic mass is 35.5. The van der Waals surface area contributed by atoms with E-state index in [0.717, 1.165) is 0 Å². The van der Waals surface area contributed by atoms with Gasteiger partial charge in [0.15, 0.2) is 5.96 Å². The second-order valence-electron chi connectivity index (χ2n) is 2.49. The van der Waals surface area contributed by atoms with Gasteiger partial charge in [0.05, 0.1) is 15.1 Å². The molecular weight excluding hydrogens is 244 g/mol. The van der Waals surface area contributed by atoms with Gasteiger partial charge in [0, 0.05) is 12.7 Å². The topological polar surface area (TPSA) is 50.4 Å². The first-order valence-electron chi connectivity index (χ1n) is 3.68. The van der Waals surface area contributed by atoms with Gasteiger partial charge in [-0.15, -0.1) is 0 Å². The Hall–Kier alpha value is -0.640. The fraction of sp³-hybridized carbons (Fsp3) is 0.125. The SMILES string of the molecule is CN=C(N)Nc1cc(Cl)c(Cl)c(Cl)c1. The van der Waals surface area contributed by atoms with Crippen LogP contribution in [0.4, 0.5) is 5.69 Å². The summed E-state index contributed by atoms with van der Waals surface area (Å²) in [6.07, 6.45) is 0. The van der Waals surface area contributed by atoms with Crippen molar-refractivity contribution in [3.8, 4) is 0 Å². The summed E-state index contributed by atoms with van der Waals surface area (Å²) < 4.78 is 0. The number of halogens is 3. The van der Waals surface area contributed by atoms with Crippen LogP contribution in [-0.4, -0.2) is 13.0 Å². The van der Waals surface area contributed by atoms with Crippen LogP contribution in [0.5, 0.6) is 0 Å². The highest BCUT2D eigenvalue weighted by molar-refractivity contribution is 6.48. The minimum atomic E-state index is 0.277. The number of hydrogen-bond acceptors (Lipinski definition) is 1. The van der Waals surface area contributed by atoms with Crippen LogP contribution in [0.3, 0.4) is 0 Å². The summed E-state index contributed by atoms with van der Waals surface area (Å²) in [4.78, 5) is 3.73. The minimum Gasteiger partial charge on any atom is -0.370 e. The number of anilines is 1. The number of benzene rings is 1. The third-order valence-corrected chi connectivity index (χ3v) is 2.69. The molecule has 0 radical (unpaired) electrons. The molecule has 0 amide bonds. The first kappa shape index (κ1) is 11.4. The number of aliphatic imine (C=N–C) groups is 1. The van der Waals surface area contributed by atoms with Crippen molar-refractivity contribution in [3.63, 3.8) is 0 Å². The lowest BCUT2D eigenvalue weighted by Crippen LogP contribution is -2.21. The van der Waals surface area contributed by atoms with Gasteiger partial charge in [-0.2, -0.15) is 0 Å². The Balaban J connectivity index is 3.01. The molecule has 0 aromatic heterocycles. The van der Waals surface area contributed by atoms with E-state index < -0.39 is 0 Å². The normalized spacial score (nSPS) is 11.6. The fourth-order valence-corrected chi connectivity index (χ4v) is 1.43. The molecule has 0 fully saturated rings. The molecule has 1 aromatic carbocycles. The van der Waals surface area contributed by atoms with Gasteiger partial charge in [0.2, 0.25) is 0 Å². The molecule has 0 atom stereocenters. The van der Waals surface area contributed by atoms with Gasteiger partial charge in [-0.3, -0.25) is 4.99 Å². The number of nitrogens with one attached hydrogen (secondary N) is 1. The van der Waals surface area contributed by atoms with Crippen LogP contribution in [0.15, 0.2) is 17.1 Å². The van der Waals surface area contributed by atoms with Crippen LogP contribution in [0.25, 0.3) is 0 Å². The zero-order chi connectivity index (χ0) is 10.7. The maximum absolute atomic E-state index is 5.81. The highest BCUT2D eigenvalue weighted by Gasteiger charge is 2.05. The van der Waals surface area contributed by atoms with Gasteiger partial charge < -0.3 is 11.1 Å². The first-order chi connectivity index (χ1) is 6.54. The lowest BCUT2D eigenvalue weighted by Gasteiger charge is -2.07. The smallest absolute Gasteiger partial charge is 0.192 e. The van der Waals surface area contributed by atoms with Crippen LogP contribution >= 0.6 is 34.8 Å². The Morgan fingerprint density at radius 2 is 1.79 bits per heavy atom. The third-order valence-electron chi connectivity index (χ3n) is 1.50. The number of hydrogen-bond donors (Lipinski definition) is 2. The molecular formula is C8H8Cl3N3. The van der Waals surface area contributed by atoms with Crippen molar-refractivity contribution in [3.05, 3.63) is 27.2 Å². The van der Waals surface area contributed by atoms with E-state index in [1.54, 1.807) is 19.2 Å². The summed E-state index contributed by atoms with van der Waals surface area (Å²) in [7, 11) is 1.57. The van der Waals surface area contributed by atoms with Gasteiger partial charge in [0.1, 0.15) is 0 Å². The number of nitrogens with zero attached hydrogens (tertiary/aromatic N) is 1. The third kappa shape index (κ3) is 2.67. The fourth-order valence-electron chi connectivity index (χ4n) is 0.831. The van der Waals surface area contributed by atoms with Crippen LogP contribution < -0.4 is 11.1 Å². The van der Waals surface area contributed by atoms with Crippen LogP contribution in [0.1, 0.15) is 0 Å². The van der Waals surface area contributed by atoms with Gasteiger partial charge in [-0.1, -0.05) is 34.8 Å². The van der Waals surface area contributed by atoms with E-state index in [2.05, 4.69) is 10.3 Å². The van der Waals surface area contributed by atoms with Gasteiger partial charge in [-0.05, 0) is 12.1 Å². The molecule has 3 nitrogen and oxygen atoms in total. The van der Waals surface area contributed by atoms with Crippen LogP contribution in [0, 0.1) is 0 Å². The minimum absolute atomic E-state index is 0.277. The zero-order valence-electron chi connectivity index (χ0n) is 7.31. The summed E-state index contributed by atoms with van der Waals surface area (Å²) in [6, 6.07) is 3.24. The maximum Gasteiger partial charge on any atom is 0.192 e. The number of guanidine groups is 1. The molecule has 0 bridgehead atoms. The maximum atomic E-state index is 5.81. The zero-order valence-corrected chi connectivity index (χ0v) is 9.58. The van der Waals surface area contributed by atoms with E-state index in [-0.39, 0.29) is 5.96 Å². The predicted molar refractivity (Wildman–Crippen MR) is 62.6 cm³/mol. The average Bonchev–Trinajstić information content (AvgIpc) is 2.14. The monoisotopic (exact) mass is 251 g/mol. The Kier molecular flexibility index (Phi) is 3.86. The van der Waals surface area contributed by atoms with Crippen LogP contribution in [0.2, 0.25) is 15.1 Å². The molecule has 0 aliphatic carbocycles. The van der Waals surface area contributed by atoms with E-state index in [0.29, 0.717) is 20.8 Å². The summed E-state index contributed by atoms with van der Waals surface area (Å²) in [5, 5.41) is 3.86. The molecule has 0 spiro atoms. The van der Waals surface area contributed by atoms with Gasteiger partial charge >= 0.3 is 0 Å². The molecule has 0 saturated heterocycles.